The highest BCUT2D eigenvalue weighted by Crippen LogP contribution is 2.36. The smallest absolute Gasteiger partial charge is 0.231 e. The summed E-state index contributed by atoms with van der Waals surface area (Å²) in [6, 6.07) is 6.82. The number of hydrogen-bond donors (Lipinski definition) is 0. The SMILES string of the molecule is C[C@H]1CSCCN1c1ccc2c(c1)OCO2. The zero-order chi connectivity index (χ0) is 11.0. The summed E-state index contributed by atoms with van der Waals surface area (Å²) in [7, 11) is 0. The molecule has 3 rings (SSSR count). The van der Waals surface area contributed by atoms with E-state index in [1.165, 1.54) is 17.2 Å². The third kappa shape index (κ3) is 1.71. The van der Waals surface area contributed by atoms with Crippen LogP contribution in [-0.2, 0) is 0 Å². The molecular formula is C12H15NO2S. The molecule has 0 radical (unpaired) electrons. The fraction of sp³-hybridized carbons (Fsp3) is 0.500. The fourth-order valence-corrected chi connectivity index (χ4v) is 3.19. The molecule has 1 fully saturated rings. The van der Waals surface area contributed by atoms with Crippen molar-refractivity contribution in [2.75, 3.05) is 29.7 Å². The van der Waals surface area contributed by atoms with Crippen LogP contribution in [0.3, 0.4) is 0 Å². The Kier molecular flexibility index (Phi) is 2.59. The van der Waals surface area contributed by atoms with Crippen molar-refractivity contribution in [3.63, 3.8) is 0 Å². The van der Waals surface area contributed by atoms with E-state index in [2.05, 4.69) is 24.0 Å². The fourth-order valence-electron chi connectivity index (χ4n) is 2.17. The van der Waals surface area contributed by atoms with Gasteiger partial charge in [0, 0.05) is 35.8 Å². The van der Waals surface area contributed by atoms with E-state index in [0.717, 1.165) is 18.0 Å². The van der Waals surface area contributed by atoms with Crippen LogP contribution in [0.1, 0.15) is 6.92 Å². The Morgan fingerprint density at radius 1 is 1.31 bits per heavy atom. The van der Waals surface area contributed by atoms with E-state index >= 15 is 0 Å². The van der Waals surface area contributed by atoms with Crippen LogP contribution in [0.5, 0.6) is 11.5 Å². The van der Waals surface area contributed by atoms with Crippen LogP contribution in [0.4, 0.5) is 5.69 Å². The van der Waals surface area contributed by atoms with Crippen molar-refractivity contribution in [3.05, 3.63) is 18.2 Å². The van der Waals surface area contributed by atoms with Crippen molar-refractivity contribution in [2.24, 2.45) is 0 Å². The number of anilines is 1. The Balaban J connectivity index is 1.88. The summed E-state index contributed by atoms with van der Waals surface area (Å²) in [4.78, 5) is 2.44. The third-order valence-electron chi connectivity index (χ3n) is 3.06. The Labute approximate surface area is 99.7 Å². The number of hydrogen-bond acceptors (Lipinski definition) is 4. The average molecular weight is 237 g/mol. The van der Waals surface area contributed by atoms with E-state index in [9.17, 15) is 0 Å². The molecule has 2 aliphatic heterocycles. The molecule has 0 saturated carbocycles. The van der Waals surface area contributed by atoms with Gasteiger partial charge in [-0.05, 0) is 19.1 Å². The van der Waals surface area contributed by atoms with Gasteiger partial charge in [0.05, 0.1) is 0 Å². The molecule has 0 N–H and O–H groups in total. The topological polar surface area (TPSA) is 21.7 Å². The minimum absolute atomic E-state index is 0.351. The molecule has 86 valence electrons. The first kappa shape index (κ1) is 10.1. The maximum atomic E-state index is 5.41. The van der Waals surface area contributed by atoms with Crippen LogP contribution < -0.4 is 14.4 Å². The molecule has 1 atom stereocenters. The standard InChI is InChI=1S/C12H15NO2S/c1-9-7-16-5-4-13(9)10-2-3-11-12(6-10)15-8-14-11/h2-3,6,9H,4-5,7-8H2,1H3/t9-/m0/s1. The average Bonchev–Trinajstić information content (AvgIpc) is 2.76. The summed E-state index contributed by atoms with van der Waals surface area (Å²) >= 11 is 2.03. The lowest BCUT2D eigenvalue weighted by atomic mass is 10.2. The molecule has 0 unspecified atom stereocenters. The van der Waals surface area contributed by atoms with Crippen LogP contribution in [0, 0.1) is 0 Å². The Morgan fingerprint density at radius 2 is 2.19 bits per heavy atom. The molecule has 1 saturated heterocycles. The molecule has 1 aromatic rings. The van der Waals surface area contributed by atoms with Gasteiger partial charge in [-0.2, -0.15) is 11.8 Å². The van der Waals surface area contributed by atoms with Crippen molar-refractivity contribution in [1.82, 2.24) is 0 Å². The van der Waals surface area contributed by atoms with Gasteiger partial charge in [0.25, 0.3) is 0 Å². The van der Waals surface area contributed by atoms with E-state index in [-0.39, 0.29) is 0 Å². The summed E-state index contributed by atoms with van der Waals surface area (Å²) in [5.41, 5.74) is 1.25. The number of rotatable bonds is 1. The molecule has 16 heavy (non-hydrogen) atoms. The lowest BCUT2D eigenvalue weighted by Gasteiger charge is -2.35. The predicted molar refractivity (Wildman–Crippen MR) is 66.7 cm³/mol. The highest BCUT2D eigenvalue weighted by atomic mass is 32.2. The van der Waals surface area contributed by atoms with Crippen molar-refractivity contribution < 1.29 is 9.47 Å². The number of benzene rings is 1. The molecule has 0 aromatic heterocycles. The Bertz CT molecular complexity index is 397. The van der Waals surface area contributed by atoms with Crippen molar-refractivity contribution in [3.8, 4) is 11.5 Å². The summed E-state index contributed by atoms with van der Waals surface area (Å²) in [5.74, 6) is 4.15. The second-order valence-corrected chi connectivity index (χ2v) is 5.30. The van der Waals surface area contributed by atoms with Gasteiger partial charge >= 0.3 is 0 Å². The van der Waals surface area contributed by atoms with Gasteiger partial charge in [-0.15, -0.1) is 0 Å². The minimum atomic E-state index is 0.351. The largest absolute Gasteiger partial charge is 0.454 e. The zero-order valence-corrected chi connectivity index (χ0v) is 10.1. The number of thioether (sulfide) groups is 1. The van der Waals surface area contributed by atoms with Crippen molar-refractivity contribution in [2.45, 2.75) is 13.0 Å². The molecule has 2 heterocycles. The molecule has 0 bridgehead atoms. The quantitative estimate of drug-likeness (QED) is 0.747. The van der Waals surface area contributed by atoms with Gasteiger partial charge in [-0.1, -0.05) is 0 Å². The van der Waals surface area contributed by atoms with Crippen LogP contribution in [0.15, 0.2) is 18.2 Å². The van der Waals surface area contributed by atoms with Gasteiger partial charge in [0.2, 0.25) is 6.79 Å². The summed E-state index contributed by atoms with van der Waals surface area (Å²) in [5, 5.41) is 0. The van der Waals surface area contributed by atoms with E-state index in [1.807, 2.05) is 17.8 Å². The van der Waals surface area contributed by atoms with Gasteiger partial charge in [0.15, 0.2) is 11.5 Å². The summed E-state index contributed by atoms with van der Waals surface area (Å²) in [6.07, 6.45) is 0. The molecule has 0 amide bonds. The highest BCUT2D eigenvalue weighted by molar-refractivity contribution is 7.99. The summed E-state index contributed by atoms with van der Waals surface area (Å²) in [6.45, 7) is 3.74. The maximum absolute atomic E-state index is 5.41. The lowest BCUT2D eigenvalue weighted by Crippen LogP contribution is -2.40. The first-order chi connectivity index (χ1) is 7.84. The van der Waals surface area contributed by atoms with Gasteiger partial charge in [0.1, 0.15) is 0 Å². The predicted octanol–water partition coefficient (Wildman–Crippen LogP) is 2.36. The van der Waals surface area contributed by atoms with Crippen LogP contribution in [-0.4, -0.2) is 30.9 Å². The lowest BCUT2D eigenvalue weighted by molar-refractivity contribution is 0.174. The van der Waals surface area contributed by atoms with Gasteiger partial charge < -0.3 is 14.4 Å². The van der Waals surface area contributed by atoms with E-state index in [4.69, 9.17) is 9.47 Å². The zero-order valence-electron chi connectivity index (χ0n) is 9.31. The maximum Gasteiger partial charge on any atom is 0.231 e. The second-order valence-electron chi connectivity index (χ2n) is 4.15. The number of nitrogens with zero attached hydrogens (tertiary/aromatic N) is 1. The van der Waals surface area contributed by atoms with Crippen molar-refractivity contribution in [1.29, 1.82) is 0 Å². The molecule has 2 aliphatic rings. The minimum Gasteiger partial charge on any atom is -0.454 e. The molecule has 4 heteroatoms. The first-order valence-electron chi connectivity index (χ1n) is 5.58. The van der Waals surface area contributed by atoms with Crippen LogP contribution in [0.2, 0.25) is 0 Å². The number of ether oxygens (including phenoxy) is 2. The third-order valence-corrected chi connectivity index (χ3v) is 4.24. The van der Waals surface area contributed by atoms with E-state index in [0.29, 0.717) is 12.8 Å². The summed E-state index contributed by atoms with van der Waals surface area (Å²) < 4.78 is 10.7. The molecular weight excluding hydrogens is 222 g/mol. The van der Waals surface area contributed by atoms with Crippen molar-refractivity contribution >= 4 is 17.4 Å². The molecule has 3 nitrogen and oxygen atoms in total. The molecule has 1 aromatic carbocycles. The molecule has 0 aliphatic carbocycles. The van der Waals surface area contributed by atoms with Crippen LogP contribution >= 0.6 is 11.8 Å². The molecule has 0 spiro atoms. The van der Waals surface area contributed by atoms with Gasteiger partial charge in [-0.25, -0.2) is 0 Å². The number of fused-ring (bicyclic) bond motifs is 1. The highest BCUT2D eigenvalue weighted by Gasteiger charge is 2.21. The Morgan fingerprint density at radius 3 is 3.06 bits per heavy atom. The van der Waals surface area contributed by atoms with Crippen LogP contribution in [0.25, 0.3) is 0 Å². The monoisotopic (exact) mass is 237 g/mol. The van der Waals surface area contributed by atoms with E-state index < -0.39 is 0 Å². The normalized spacial score (nSPS) is 23.6. The second kappa shape index (κ2) is 4.09. The first-order valence-corrected chi connectivity index (χ1v) is 6.74. The van der Waals surface area contributed by atoms with Gasteiger partial charge in [-0.3, -0.25) is 0 Å². The van der Waals surface area contributed by atoms with E-state index in [1.54, 1.807) is 0 Å². The Hall–Kier alpha value is -1.03.